The molecule has 1 fully saturated rings. The Kier molecular flexibility index (Phi) is 4.54. The van der Waals surface area contributed by atoms with Gasteiger partial charge in [0.15, 0.2) is 0 Å². The van der Waals surface area contributed by atoms with E-state index in [0.29, 0.717) is 22.8 Å². The first-order valence-corrected chi connectivity index (χ1v) is 9.09. The second kappa shape index (κ2) is 7.05. The summed E-state index contributed by atoms with van der Waals surface area (Å²) in [6, 6.07) is 14.1. The Balaban J connectivity index is 1.54. The van der Waals surface area contributed by atoms with E-state index in [1.165, 1.54) is 0 Å². The Hall–Kier alpha value is -3.68. The monoisotopic (exact) mass is 392 g/mol. The molecule has 1 unspecified atom stereocenters. The molecule has 3 aromatic rings. The number of urea groups is 1. The van der Waals surface area contributed by atoms with E-state index in [1.54, 1.807) is 38.3 Å². The van der Waals surface area contributed by atoms with Crippen LogP contribution in [0.15, 0.2) is 52.9 Å². The number of hydrogen-bond acceptors (Lipinski definition) is 6. The molecule has 148 valence electrons. The maximum absolute atomic E-state index is 13.0. The Bertz CT molecular complexity index is 1060. The standard InChI is InChI=1S/C21H20N4O4/c1-13-4-8-15(9-5-13)21(2)19(26)25(20(27)22-21)12-17-23-24-18(29-17)14-6-10-16(28-3)11-7-14/h4-11H,12H2,1-3H3,(H,22,27). The highest BCUT2D eigenvalue weighted by Crippen LogP contribution is 2.30. The highest BCUT2D eigenvalue weighted by molar-refractivity contribution is 6.07. The van der Waals surface area contributed by atoms with Crippen LogP contribution >= 0.6 is 0 Å². The molecule has 8 heteroatoms. The van der Waals surface area contributed by atoms with Crippen molar-refractivity contribution >= 4 is 11.9 Å². The minimum atomic E-state index is -1.14. The van der Waals surface area contributed by atoms with Gasteiger partial charge >= 0.3 is 6.03 Å². The van der Waals surface area contributed by atoms with Gasteiger partial charge in [0.2, 0.25) is 11.8 Å². The predicted octanol–water partition coefficient (Wildman–Crippen LogP) is 3.02. The molecule has 2 aromatic carbocycles. The van der Waals surface area contributed by atoms with Crippen LogP contribution in [0.1, 0.15) is 23.9 Å². The van der Waals surface area contributed by atoms with E-state index in [1.807, 2.05) is 31.2 Å². The van der Waals surface area contributed by atoms with Gasteiger partial charge in [0.25, 0.3) is 5.91 Å². The van der Waals surface area contributed by atoms with Gasteiger partial charge in [-0.2, -0.15) is 0 Å². The first-order valence-electron chi connectivity index (χ1n) is 9.09. The first kappa shape index (κ1) is 18.7. The van der Waals surface area contributed by atoms with E-state index in [-0.39, 0.29) is 18.3 Å². The molecule has 1 N–H and O–H groups in total. The van der Waals surface area contributed by atoms with E-state index < -0.39 is 11.6 Å². The number of benzene rings is 2. The quantitative estimate of drug-likeness (QED) is 0.671. The third-order valence-electron chi connectivity index (χ3n) is 5.00. The zero-order chi connectivity index (χ0) is 20.6. The lowest BCUT2D eigenvalue weighted by Crippen LogP contribution is -2.40. The van der Waals surface area contributed by atoms with Crippen LogP contribution in [-0.4, -0.2) is 34.1 Å². The van der Waals surface area contributed by atoms with Crippen LogP contribution in [-0.2, 0) is 16.9 Å². The number of carbonyl (C=O) groups is 2. The molecule has 1 saturated heterocycles. The highest BCUT2D eigenvalue weighted by atomic mass is 16.5. The number of amides is 3. The van der Waals surface area contributed by atoms with Crippen molar-refractivity contribution in [2.24, 2.45) is 0 Å². The molecular formula is C21H20N4O4. The van der Waals surface area contributed by atoms with Crippen LogP contribution in [0.3, 0.4) is 0 Å². The predicted molar refractivity (Wildman–Crippen MR) is 104 cm³/mol. The summed E-state index contributed by atoms with van der Waals surface area (Å²) >= 11 is 0. The lowest BCUT2D eigenvalue weighted by atomic mass is 9.91. The Morgan fingerprint density at radius 1 is 1.07 bits per heavy atom. The lowest BCUT2D eigenvalue weighted by Gasteiger charge is -2.22. The van der Waals surface area contributed by atoms with Gasteiger partial charge in [-0.05, 0) is 43.7 Å². The van der Waals surface area contributed by atoms with Gasteiger partial charge in [0.05, 0.1) is 7.11 Å². The highest BCUT2D eigenvalue weighted by Gasteiger charge is 2.49. The van der Waals surface area contributed by atoms with Crippen molar-refractivity contribution < 1.29 is 18.7 Å². The van der Waals surface area contributed by atoms with Crippen molar-refractivity contribution in [2.45, 2.75) is 25.9 Å². The summed E-state index contributed by atoms with van der Waals surface area (Å²) in [6.45, 7) is 3.55. The molecule has 4 rings (SSSR count). The summed E-state index contributed by atoms with van der Waals surface area (Å²) in [6.07, 6.45) is 0. The SMILES string of the molecule is COc1ccc(-c2nnc(CN3C(=O)NC(C)(c4ccc(C)cc4)C3=O)o2)cc1. The van der Waals surface area contributed by atoms with Gasteiger partial charge in [-0.15, -0.1) is 10.2 Å². The fourth-order valence-corrected chi connectivity index (χ4v) is 3.23. The third kappa shape index (κ3) is 3.33. The normalized spacial score (nSPS) is 18.8. The second-order valence-electron chi connectivity index (χ2n) is 7.04. The van der Waals surface area contributed by atoms with Gasteiger partial charge in [0.1, 0.15) is 17.8 Å². The Morgan fingerprint density at radius 3 is 2.41 bits per heavy atom. The zero-order valence-electron chi connectivity index (χ0n) is 16.3. The van der Waals surface area contributed by atoms with Gasteiger partial charge in [-0.1, -0.05) is 29.8 Å². The number of carbonyl (C=O) groups excluding carboxylic acids is 2. The van der Waals surface area contributed by atoms with Crippen molar-refractivity contribution in [2.75, 3.05) is 7.11 Å². The zero-order valence-corrected chi connectivity index (χ0v) is 16.3. The molecule has 1 aliphatic heterocycles. The average molecular weight is 392 g/mol. The smallest absolute Gasteiger partial charge is 0.325 e. The largest absolute Gasteiger partial charge is 0.497 e. The van der Waals surface area contributed by atoms with E-state index in [4.69, 9.17) is 9.15 Å². The lowest BCUT2D eigenvalue weighted by molar-refractivity contribution is -0.131. The minimum absolute atomic E-state index is 0.102. The van der Waals surface area contributed by atoms with Crippen LogP contribution in [0.5, 0.6) is 5.75 Å². The maximum Gasteiger partial charge on any atom is 0.325 e. The number of nitrogens with one attached hydrogen (secondary N) is 1. The molecule has 1 aliphatic rings. The molecule has 29 heavy (non-hydrogen) atoms. The van der Waals surface area contributed by atoms with Crippen LogP contribution in [0, 0.1) is 6.92 Å². The summed E-state index contributed by atoms with van der Waals surface area (Å²) in [5, 5.41) is 10.8. The fraction of sp³-hybridized carbons (Fsp3) is 0.238. The number of nitrogens with zero attached hydrogens (tertiary/aromatic N) is 3. The van der Waals surface area contributed by atoms with Gasteiger partial charge < -0.3 is 14.5 Å². The molecule has 3 amide bonds. The number of imide groups is 1. The van der Waals surface area contributed by atoms with E-state index >= 15 is 0 Å². The first-order chi connectivity index (χ1) is 13.9. The summed E-state index contributed by atoms with van der Waals surface area (Å²) in [5.41, 5.74) is 1.37. The van der Waals surface area contributed by atoms with E-state index in [0.717, 1.165) is 10.5 Å². The van der Waals surface area contributed by atoms with Crippen molar-refractivity contribution in [3.63, 3.8) is 0 Å². The van der Waals surface area contributed by atoms with Crippen LogP contribution in [0.4, 0.5) is 4.79 Å². The topological polar surface area (TPSA) is 97.6 Å². The molecule has 2 heterocycles. The summed E-state index contributed by atoms with van der Waals surface area (Å²) in [5.74, 6) is 0.822. The molecule has 0 saturated carbocycles. The van der Waals surface area contributed by atoms with E-state index in [2.05, 4.69) is 15.5 Å². The Labute approximate surface area is 167 Å². The van der Waals surface area contributed by atoms with Crippen molar-refractivity contribution in [3.8, 4) is 17.2 Å². The fourth-order valence-electron chi connectivity index (χ4n) is 3.23. The maximum atomic E-state index is 13.0. The number of aromatic nitrogens is 2. The van der Waals surface area contributed by atoms with Crippen LogP contribution < -0.4 is 10.1 Å². The Morgan fingerprint density at radius 2 is 1.76 bits per heavy atom. The van der Waals surface area contributed by atoms with Crippen LogP contribution in [0.2, 0.25) is 0 Å². The average Bonchev–Trinajstić information content (AvgIpc) is 3.28. The van der Waals surface area contributed by atoms with Gasteiger partial charge in [-0.3, -0.25) is 9.69 Å². The summed E-state index contributed by atoms with van der Waals surface area (Å²) < 4.78 is 10.8. The van der Waals surface area contributed by atoms with Gasteiger partial charge in [-0.25, -0.2) is 4.79 Å². The molecule has 1 aromatic heterocycles. The van der Waals surface area contributed by atoms with Crippen molar-refractivity contribution in [1.82, 2.24) is 20.4 Å². The van der Waals surface area contributed by atoms with Gasteiger partial charge in [0, 0.05) is 5.56 Å². The molecule has 0 bridgehead atoms. The van der Waals surface area contributed by atoms with Crippen LogP contribution in [0.25, 0.3) is 11.5 Å². The third-order valence-corrected chi connectivity index (χ3v) is 5.00. The molecular weight excluding hydrogens is 372 g/mol. The molecule has 0 aliphatic carbocycles. The number of methoxy groups -OCH3 is 1. The summed E-state index contributed by atoms with van der Waals surface area (Å²) in [7, 11) is 1.59. The molecule has 0 radical (unpaired) electrons. The van der Waals surface area contributed by atoms with E-state index in [9.17, 15) is 9.59 Å². The number of ether oxygens (including phenoxy) is 1. The van der Waals surface area contributed by atoms with Crippen molar-refractivity contribution in [1.29, 1.82) is 0 Å². The number of aryl methyl sites for hydroxylation is 1. The summed E-state index contributed by atoms with van der Waals surface area (Å²) in [4.78, 5) is 26.6. The second-order valence-corrected chi connectivity index (χ2v) is 7.04. The minimum Gasteiger partial charge on any atom is -0.497 e. The molecule has 8 nitrogen and oxygen atoms in total. The number of rotatable bonds is 5. The molecule has 0 spiro atoms. The molecule has 1 atom stereocenters. The van der Waals surface area contributed by atoms with Crippen molar-refractivity contribution in [3.05, 3.63) is 65.5 Å². The number of hydrogen-bond donors (Lipinski definition) is 1.